The van der Waals surface area contributed by atoms with Crippen LogP contribution in [0.2, 0.25) is 0 Å². The van der Waals surface area contributed by atoms with E-state index in [1.807, 2.05) is 12.1 Å². The van der Waals surface area contributed by atoms with Gasteiger partial charge < -0.3 is 14.8 Å². The van der Waals surface area contributed by atoms with E-state index in [0.29, 0.717) is 0 Å². The third kappa shape index (κ3) is 4.84. The first-order chi connectivity index (χ1) is 9.33. The highest BCUT2D eigenvalue weighted by atomic mass is 16.5. The van der Waals surface area contributed by atoms with Gasteiger partial charge in [0.1, 0.15) is 5.75 Å². The van der Waals surface area contributed by atoms with Crippen LogP contribution in [0.5, 0.6) is 5.75 Å². The van der Waals surface area contributed by atoms with Crippen molar-refractivity contribution in [3.05, 3.63) is 29.8 Å². The molecular formula is C16H25NO2. The van der Waals surface area contributed by atoms with E-state index in [2.05, 4.69) is 24.4 Å². The lowest BCUT2D eigenvalue weighted by Crippen LogP contribution is -2.25. The van der Waals surface area contributed by atoms with Crippen LogP contribution in [0.1, 0.15) is 37.8 Å². The Balaban J connectivity index is 1.85. The quantitative estimate of drug-likeness (QED) is 0.694. The molecule has 1 unspecified atom stereocenters. The molecule has 0 spiro atoms. The minimum absolute atomic E-state index is 0.249. The molecular weight excluding hydrogens is 238 g/mol. The van der Waals surface area contributed by atoms with Crippen LogP contribution in [-0.4, -0.2) is 26.9 Å². The zero-order valence-electron chi connectivity index (χ0n) is 12.0. The summed E-state index contributed by atoms with van der Waals surface area (Å²) in [5.74, 6) is 1.84. The SMILES string of the molecule is CCNC(COCCC1CC1)c1cccc(OC)c1. The maximum atomic E-state index is 5.82. The standard InChI is InChI=1S/C16H25NO2/c1-3-17-16(12-19-10-9-13-7-8-13)14-5-4-6-15(11-14)18-2/h4-6,11,13,16-17H,3,7-10,12H2,1-2H3. The summed E-state index contributed by atoms with van der Waals surface area (Å²) in [5, 5.41) is 3.47. The number of likely N-dealkylation sites (N-methyl/N-ethyl adjacent to an activating group) is 1. The van der Waals surface area contributed by atoms with E-state index in [0.717, 1.165) is 31.4 Å². The lowest BCUT2D eigenvalue weighted by Gasteiger charge is -2.19. The van der Waals surface area contributed by atoms with Crippen molar-refractivity contribution in [2.24, 2.45) is 5.92 Å². The summed E-state index contributed by atoms with van der Waals surface area (Å²) in [6.45, 7) is 4.68. The maximum Gasteiger partial charge on any atom is 0.119 e. The van der Waals surface area contributed by atoms with Gasteiger partial charge in [0, 0.05) is 6.61 Å². The largest absolute Gasteiger partial charge is 0.497 e. The predicted octanol–water partition coefficient (Wildman–Crippen LogP) is 3.16. The molecule has 1 saturated carbocycles. The zero-order chi connectivity index (χ0) is 13.5. The van der Waals surface area contributed by atoms with E-state index in [1.165, 1.54) is 24.8 Å². The Morgan fingerprint density at radius 3 is 2.89 bits per heavy atom. The van der Waals surface area contributed by atoms with Gasteiger partial charge in [0.05, 0.1) is 19.8 Å². The molecule has 1 aliphatic carbocycles. The van der Waals surface area contributed by atoms with Crippen LogP contribution in [0.25, 0.3) is 0 Å². The van der Waals surface area contributed by atoms with Crippen LogP contribution in [0, 0.1) is 5.92 Å². The molecule has 1 aromatic carbocycles. The van der Waals surface area contributed by atoms with Crippen molar-refractivity contribution in [2.75, 3.05) is 26.9 Å². The molecule has 0 heterocycles. The van der Waals surface area contributed by atoms with Crippen molar-refractivity contribution in [3.8, 4) is 5.75 Å². The Kier molecular flexibility index (Phi) is 5.67. The Morgan fingerprint density at radius 2 is 2.21 bits per heavy atom. The summed E-state index contributed by atoms with van der Waals surface area (Å²) in [6, 6.07) is 8.46. The molecule has 0 bridgehead atoms. The van der Waals surface area contributed by atoms with Gasteiger partial charge in [-0.05, 0) is 36.6 Å². The van der Waals surface area contributed by atoms with Crippen molar-refractivity contribution < 1.29 is 9.47 Å². The normalized spacial score (nSPS) is 16.3. The second-order valence-electron chi connectivity index (χ2n) is 5.19. The monoisotopic (exact) mass is 263 g/mol. The van der Waals surface area contributed by atoms with Crippen molar-refractivity contribution in [3.63, 3.8) is 0 Å². The molecule has 1 N–H and O–H groups in total. The van der Waals surface area contributed by atoms with E-state index in [1.54, 1.807) is 7.11 Å². The minimum Gasteiger partial charge on any atom is -0.497 e. The topological polar surface area (TPSA) is 30.5 Å². The molecule has 0 radical (unpaired) electrons. The van der Waals surface area contributed by atoms with Crippen molar-refractivity contribution in [1.82, 2.24) is 5.32 Å². The first-order valence-corrected chi connectivity index (χ1v) is 7.28. The smallest absolute Gasteiger partial charge is 0.119 e. The highest BCUT2D eigenvalue weighted by Gasteiger charge is 2.20. The van der Waals surface area contributed by atoms with Gasteiger partial charge in [0.15, 0.2) is 0 Å². The van der Waals surface area contributed by atoms with Crippen LogP contribution in [0.15, 0.2) is 24.3 Å². The summed E-state index contributed by atoms with van der Waals surface area (Å²) in [4.78, 5) is 0. The molecule has 1 atom stereocenters. The molecule has 106 valence electrons. The summed E-state index contributed by atoms with van der Waals surface area (Å²) >= 11 is 0. The van der Waals surface area contributed by atoms with Gasteiger partial charge in [-0.2, -0.15) is 0 Å². The van der Waals surface area contributed by atoms with Gasteiger partial charge in [-0.3, -0.25) is 0 Å². The minimum atomic E-state index is 0.249. The third-order valence-electron chi connectivity index (χ3n) is 3.60. The van der Waals surface area contributed by atoms with Crippen LogP contribution in [-0.2, 0) is 4.74 Å². The van der Waals surface area contributed by atoms with E-state index in [9.17, 15) is 0 Å². The summed E-state index contributed by atoms with van der Waals surface area (Å²) < 4.78 is 11.1. The molecule has 0 saturated heterocycles. The van der Waals surface area contributed by atoms with Crippen molar-refractivity contribution in [1.29, 1.82) is 0 Å². The van der Waals surface area contributed by atoms with Crippen LogP contribution in [0.3, 0.4) is 0 Å². The fourth-order valence-corrected chi connectivity index (χ4v) is 2.24. The molecule has 0 aliphatic heterocycles. The van der Waals surface area contributed by atoms with Gasteiger partial charge in [0.25, 0.3) is 0 Å². The number of rotatable bonds is 9. The Labute approximate surface area is 116 Å². The Morgan fingerprint density at radius 1 is 1.37 bits per heavy atom. The van der Waals surface area contributed by atoms with E-state index >= 15 is 0 Å². The lowest BCUT2D eigenvalue weighted by molar-refractivity contribution is 0.106. The Hall–Kier alpha value is -1.06. The molecule has 1 aliphatic rings. The van der Waals surface area contributed by atoms with Gasteiger partial charge in [-0.25, -0.2) is 0 Å². The number of hydrogen-bond acceptors (Lipinski definition) is 3. The first kappa shape index (κ1) is 14.4. The number of benzene rings is 1. The van der Waals surface area contributed by atoms with E-state index in [4.69, 9.17) is 9.47 Å². The summed E-state index contributed by atoms with van der Waals surface area (Å²) in [5.41, 5.74) is 1.23. The highest BCUT2D eigenvalue weighted by molar-refractivity contribution is 5.30. The van der Waals surface area contributed by atoms with Crippen molar-refractivity contribution in [2.45, 2.75) is 32.2 Å². The second-order valence-corrected chi connectivity index (χ2v) is 5.19. The number of ether oxygens (including phenoxy) is 2. The molecule has 2 rings (SSSR count). The Bertz CT molecular complexity index is 377. The molecule has 3 heteroatoms. The molecule has 1 fully saturated rings. The summed E-state index contributed by atoms with van der Waals surface area (Å²) in [6.07, 6.45) is 4.02. The predicted molar refractivity (Wildman–Crippen MR) is 77.6 cm³/mol. The average molecular weight is 263 g/mol. The van der Waals surface area contributed by atoms with Crippen LogP contribution in [0.4, 0.5) is 0 Å². The third-order valence-corrected chi connectivity index (χ3v) is 3.60. The zero-order valence-corrected chi connectivity index (χ0v) is 12.0. The van der Waals surface area contributed by atoms with E-state index in [-0.39, 0.29) is 6.04 Å². The van der Waals surface area contributed by atoms with Crippen LogP contribution < -0.4 is 10.1 Å². The molecule has 0 amide bonds. The number of hydrogen-bond donors (Lipinski definition) is 1. The van der Waals surface area contributed by atoms with E-state index < -0.39 is 0 Å². The van der Waals surface area contributed by atoms with Gasteiger partial charge in [-0.1, -0.05) is 31.9 Å². The summed E-state index contributed by atoms with van der Waals surface area (Å²) in [7, 11) is 1.70. The molecule has 1 aromatic rings. The number of nitrogens with one attached hydrogen (secondary N) is 1. The van der Waals surface area contributed by atoms with Gasteiger partial charge in [-0.15, -0.1) is 0 Å². The first-order valence-electron chi connectivity index (χ1n) is 7.28. The van der Waals surface area contributed by atoms with Crippen LogP contribution >= 0.6 is 0 Å². The van der Waals surface area contributed by atoms with Gasteiger partial charge >= 0.3 is 0 Å². The van der Waals surface area contributed by atoms with Crippen molar-refractivity contribution >= 4 is 0 Å². The molecule has 0 aromatic heterocycles. The average Bonchev–Trinajstić information content (AvgIpc) is 3.26. The maximum absolute atomic E-state index is 5.82. The lowest BCUT2D eigenvalue weighted by atomic mass is 10.1. The van der Waals surface area contributed by atoms with Gasteiger partial charge in [0.2, 0.25) is 0 Å². The second kappa shape index (κ2) is 7.51. The fraction of sp³-hybridized carbons (Fsp3) is 0.625. The molecule has 3 nitrogen and oxygen atoms in total. The fourth-order valence-electron chi connectivity index (χ4n) is 2.24. The highest BCUT2D eigenvalue weighted by Crippen LogP contribution is 2.32. The molecule has 19 heavy (non-hydrogen) atoms. The number of methoxy groups -OCH3 is 1.